The molecule has 11 aromatic rings. The van der Waals surface area contributed by atoms with E-state index < -0.39 is 0 Å². The van der Waals surface area contributed by atoms with Gasteiger partial charge in [-0.3, -0.25) is 0 Å². The second-order valence-electron chi connectivity index (χ2n) is 13.5. The fraction of sp³-hybridized carbons (Fsp3) is 0. The van der Waals surface area contributed by atoms with Gasteiger partial charge in [-0.25, -0.2) is 29.9 Å². The molecule has 11 rings (SSSR count). The van der Waals surface area contributed by atoms with Crippen LogP contribution in [0.15, 0.2) is 179 Å². The molecule has 8 nitrogen and oxygen atoms in total. The van der Waals surface area contributed by atoms with Gasteiger partial charge in [0.05, 0.1) is 11.1 Å². The van der Waals surface area contributed by atoms with Gasteiger partial charge in [-0.15, -0.1) is 0 Å². The second kappa shape index (κ2) is 12.9. The number of benzene rings is 7. The molecule has 262 valence electrons. The topological polar surface area (TPSA) is 104 Å². The van der Waals surface area contributed by atoms with Crippen molar-refractivity contribution in [1.29, 1.82) is 0 Å². The van der Waals surface area contributed by atoms with Crippen LogP contribution >= 0.6 is 0 Å². The highest BCUT2D eigenvalue weighted by Gasteiger charge is 2.22. The minimum atomic E-state index is 0.478. The van der Waals surface area contributed by atoms with E-state index in [0.717, 1.165) is 66.1 Å². The molecule has 0 N–H and O–H groups in total. The van der Waals surface area contributed by atoms with E-state index in [-0.39, 0.29) is 0 Å². The summed E-state index contributed by atoms with van der Waals surface area (Å²) in [5.74, 6) is 3.24. The molecule has 0 saturated heterocycles. The fourth-order valence-corrected chi connectivity index (χ4v) is 7.40. The first-order valence-electron chi connectivity index (χ1n) is 18.3. The molecule has 0 atom stereocenters. The van der Waals surface area contributed by atoms with Crippen LogP contribution in [0.4, 0.5) is 0 Å². The monoisotopic (exact) mass is 720 g/mol. The van der Waals surface area contributed by atoms with Gasteiger partial charge in [0.1, 0.15) is 22.3 Å². The highest BCUT2D eigenvalue weighted by molar-refractivity contribution is 6.15. The van der Waals surface area contributed by atoms with Crippen LogP contribution in [0.2, 0.25) is 0 Å². The van der Waals surface area contributed by atoms with Crippen molar-refractivity contribution < 1.29 is 8.83 Å². The average Bonchev–Trinajstić information content (AvgIpc) is 3.86. The van der Waals surface area contributed by atoms with Crippen LogP contribution in [-0.2, 0) is 0 Å². The zero-order valence-corrected chi connectivity index (χ0v) is 29.7. The Labute approximate surface area is 319 Å². The van der Waals surface area contributed by atoms with Gasteiger partial charge in [-0.2, -0.15) is 0 Å². The van der Waals surface area contributed by atoms with Crippen LogP contribution in [0.3, 0.4) is 0 Å². The Morgan fingerprint density at radius 3 is 1.23 bits per heavy atom. The molecule has 0 saturated carbocycles. The number of para-hydroxylation sites is 3. The van der Waals surface area contributed by atoms with Gasteiger partial charge in [0.2, 0.25) is 0 Å². The molecule has 0 amide bonds. The third-order valence-corrected chi connectivity index (χ3v) is 10.0. The molecule has 0 radical (unpaired) electrons. The minimum absolute atomic E-state index is 0.478. The number of nitrogens with zero attached hydrogens (tertiary/aromatic N) is 6. The lowest BCUT2D eigenvalue weighted by molar-refractivity contribution is 0.669. The van der Waals surface area contributed by atoms with E-state index in [1.807, 2.05) is 152 Å². The van der Waals surface area contributed by atoms with Gasteiger partial charge >= 0.3 is 0 Å². The minimum Gasteiger partial charge on any atom is -0.455 e. The van der Waals surface area contributed by atoms with Crippen molar-refractivity contribution >= 4 is 43.9 Å². The fourth-order valence-electron chi connectivity index (χ4n) is 7.40. The van der Waals surface area contributed by atoms with Gasteiger partial charge in [-0.1, -0.05) is 146 Å². The van der Waals surface area contributed by atoms with Gasteiger partial charge in [0.25, 0.3) is 0 Å². The molecule has 0 bridgehead atoms. The van der Waals surface area contributed by atoms with Crippen molar-refractivity contribution in [3.05, 3.63) is 170 Å². The van der Waals surface area contributed by atoms with E-state index in [2.05, 4.69) is 18.2 Å². The second-order valence-corrected chi connectivity index (χ2v) is 13.5. The van der Waals surface area contributed by atoms with E-state index in [4.69, 9.17) is 38.7 Å². The van der Waals surface area contributed by atoms with E-state index in [1.165, 1.54) is 0 Å². The summed E-state index contributed by atoms with van der Waals surface area (Å²) in [5, 5.41) is 3.81. The number of hydrogen-bond acceptors (Lipinski definition) is 8. The largest absolute Gasteiger partial charge is 0.455 e. The number of furan rings is 2. The summed E-state index contributed by atoms with van der Waals surface area (Å²) in [6.07, 6.45) is 0. The lowest BCUT2D eigenvalue weighted by atomic mass is 10.0. The predicted octanol–water partition coefficient (Wildman–Crippen LogP) is 11.9. The van der Waals surface area contributed by atoms with Gasteiger partial charge in [0, 0.05) is 43.8 Å². The highest BCUT2D eigenvalue weighted by atomic mass is 16.3. The van der Waals surface area contributed by atoms with Crippen molar-refractivity contribution in [3.63, 3.8) is 0 Å². The third-order valence-electron chi connectivity index (χ3n) is 10.0. The van der Waals surface area contributed by atoms with Gasteiger partial charge in [-0.05, 0) is 24.3 Å². The van der Waals surface area contributed by atoms with Crippen molar-refractivity contribution in [2.24, 2.45) is 0 Å². The van der Waals surface area contributed by atoms with Crippen LogP contribution in [0.5, 0.6) is 0 Å². The molecule has 56 heavy (non-hydrogen) atoms. The standard InChI is InChI=1S/C48H28N6O2/c1-4-15-29(16-5-1)43-49-44(30-17-6-2-7-18-30)51-46(50-43)35-24-14-28-39-40(35)34-23-13-26-37(42(34)56-39)48-53-45(31-19-8-3-9-20-31)52-47(54-48)36-25-12-22-33-32-21-10-11-27-38(32)55-41(33)36/h1-28H. The molecule has 0 aliphatic rings. The Morgan fingerprint density at radius 2 is 0.643 bits per heavy atom. The van der Waals surface area contributed by atoms with E-state index in [1.54, 1.807) is 0 Å². The smallest absolute Gasteiger partial charge is 0.167 e. The summed E-state index contributed by atoms with van der Waals surface area (Å²) in [6, 6.07) is 56.0. The maximum atomic E-state index is 6.74. The highest BCUT2D eigenvalue weighted by Crippen LogP contribution is 2.41. The predicted molar refractivity (Wildman–Crippen MR) is 220 cm³/mol. The first kappa shape index (κ1) is 31.7. The Balaban J connectivity index is 1.13. The molecule has 4 aromatic heterocycles. The van der Waals surface area contributed by atoms with Gasteiger partial charge in [0.15, 0.2) is 34.9 Å². The molecule has 0 aliphatic carbocycles. The quantitative estimate of drug-likeness (QED) is 0.167. The lowest BCUT2D eigenvalue weighted by Gasteiger charge is -2.09. The van der Waals surface area contributed by atoms with Crippen molar-refractivity contribution in [3.8, 4) is 68.3 Å². The maximum Gasteiger partial charge on any atom is 0.167 e. The molecule has 4 heterocycles. The van der Waals surface area contributed by atoms with Crippen LogP contribution in [0, 0.1) is 0 Å². The Hall–Kier alpha value is -7.84. The molecule has 0 spiro atoms. The molecule has 8 heteroatoms. The van der Waals surface area contributed by atoms with Crippen LogP contribution in [0.25, 0.3) is 112 Å². The molecular weight excluding hydrogens is 693 g/mol. The van der Waals surface area contributed by atoms with Crippen molar-refractivity contribution in [1.82, 2.24) is 29.9 Å². The summed E-state index contributed by atoms with van der Waals surface area (Å²) in [6.45, 7) is 0. The van der Waals surface area contributed by atoms with Crippen molar-refractivity contribution in [2.75, 3.05) is 0 Å². The zero-order valence-electron chi connectivity index (χ0n) is 29.7. The van der Waals surface area contributed by atoms with Crippen LogP contribution in [0.1, 0.15) is 0 Å². The van der Waals surface area contributed by atoms with E-state index >= 15 is 0 Å². The Kier molecular flexibility index (Phi) is 7.31. The summed E-state index contributed by atoms with van der Waals surface area (Å²) < 4.78 is 13.2. The number of hydrogen-bond donors (Lipinski definition) is 0. The normalized spacial score (nSPS) is 11.6. The first-order chi connectivity index (χ1) is 27.7. The number of aromatic nitrogens is 6. The molecular formula is C48H28N6O2. The summed E-state index contributed by atoms with van der Waals surface area (Å²) in [4.78, 5) is 30.2. The SMILES string of the molecule is c1ccc(-c2nc(-c3cccc4c3oc3ccccc34)nc(-c3cccc4c3oc3cccc(-c5nc(-c6ccccc6)nc(-c6ccccc6)n5)c34)n2)cc1. The molecule has 0 fully saturated rings. The maximum absolute atomic E-state index is 6.74. The Morgan fingerprint density at radius 1 is 0.268 bits per heavy atom. The molecule has 0 aliphatic heterocycles. The first-order valence-corrected chi connectivity index (χ1v) is 18.3. The summed E-state index contributed by atoms with van der Waals surface area (Å²) in [5.41, 5.74) is 7.87. The average molecular weight is 721 g/mol. The van der Waals surface area contributed by atoms with E-state index in [9.17, 15) is 0 Å². The Bertz CT molecular complexity index is 3190. The van der Waals surface area contributed by atoms with Crippen molar-refractivity contribution in [2.45, 2.75) is 0 Å². The zero-order chi connectivity index (χ0) is 37.0. The summed E-state index contributed by atoms with van der Waals surface area (Å²) >= 11 is 0. The van der Waals surface area contributed by atoms with E-state index in [0.29, 0.717) is 46.1 Å². The third kappa shape index (κ3) is 5.31. The summed E-state index contributed by atoms with van der Waals surface area (Å²) in [7, 11) is 0. The number of fused-ring (bicyclic) bond motifs is 6. The van der Waals surface area contributed by atoms with Crippen LogP contribution < -0.4 is 0 Å². The number of rotatable bonds is 6. The lowest BCUT2D eigenvalue weighted by Crippen LogP contribution is -2.00. The molecule has 7 aromatic carbocycles. The molecule has 0 unspecified atom stereocenters. The van der Waals surface area contributed by atoms with Crippen LogP contribution in [-0.4, -0.2) is 29.9 Å². The van der Waals surface area contributed by atoms with Gasteiger partial charge < -0.3 is 8.83 Å².